The molecule has 1 amide bonds. The third kappa shape index (κ3) is 6.49. The van der Waals surface area contributed by atoms with E-state index in [0.717, 1.165) is 6.42 Å². The van der Waals surface area contributed by atoms with Crippen LogP contribution in [0.5, 0.6) is 11.5 Å². The average molecular weight is 294 g/mol. The van der Waals surface area contributed by atoms with Crippen LogP contribution in [-0.2, 0) is 4.79 Å². The fraction of sp³-hybridized carbons (Fsp3) is 0.562. The number of amides is 1. The van der Waals surface area contributed by atoms with Gasteiger partial charge in [0.2, 0.25) is 0 Å². The van der Waals surface area contributed by atoms with Gasteiger partial charge in [0.1, 0.15) is 0 Å². The van der Waals surface area contributed by atoms with E-state index in [-0.39, 0.29) is 18.6 Å². The van der Waals surface area contributed by atoms with E-state index in [1.54, 1.807) is 6.07 Å². The van der Waals surface area contributed by atoms with E-state index in [1.165, 1.54) is 0 Å². The Morgan fingerprint density at radius 2 is 1.86 bits per heavy atom. The maximum Gasteiger partial charge on any atom is 0.258 e. The topological polar surface area (TPSA) is 73.6 Å². The molecule has 1 aromatic rings. The fourth-order valence-corrected chi connectivity index (χ4v) is 2.04. The van der Waals surface area contributed by atoms with Crippen LogP contribution in [0.1, 0.15) is 27.2 Å². The van der Waals surface area contributed by atoms with Crippen LogP contribution >= 0.6 is 0 Å². The first kappa shape index (κ1) is 17.3. The zero-order valence-corrected chi connectivity index (χ0v) is 13.1. The standard InChI is InChI=1S/C16H26N2O3/c1-4-20-14-7-5-6-8-15(14)21-11-16(19)18-13(10-17)9-12(2)3/h5-8,12-13H,4,9-11,17H2,1-3H3,(H,18,19). The minimum Gasteiger partial charge on any atom is -0.490 e. The van der Waals surface area contributed by atoms with E-state index in [0.29, 0.717) is 30.6 Å². The first-order valence-corrected chi connectivity index (χ1v) is 7.40. The lowest BCUT2D eigenvalue weighted by atomic mass is 10.0. The summed E-state index contributed by atoms with van der Waals surface area (Å²) in [5.74, 6) is 1.53. The molecule has 0 aliphatic rings. The van der Waals surface area contributed by atoms with Gasteiger partial charge >= 0.3 is 0 Å². The zero-order chi connectivity index (χ0) is 15.7. The lowest BCUT2D eigenvalue weighted by molar-refractivity contribution is -0.123. The van der Waals surface area contributed by atoms with Gasteiger partial charge in [0.15, 0.2) is 18.1 Å². The number of para-hydroxylation sites is 2. The summed E-state index contributed by atoms with van der Waals surface area (Å²) in [4.78, 5) is 11.9. The van der Waals surface area contributed by atoms with Gasteiger partial charge in [-0.25, -0.2) is 0 Å². The largest absolute Gasteiger partial charge is 0.490 e. The number of rotatable bonds is 9. The van der Waals surface area contributed by atoms with Crippen molar-refractivity contribution in [1.82, 2.24) is 5.32 Å². The summed E-state index contributed by atoms with van der Waals surface area (Å²) >= 11 is 0. The lowest BCUT2D eigenvalue weighted by Crippen LogP contribution is -2.43. The van der Waals surface area contributed by atoms with Gasteiger partial charge in [-0.15, -0.1) is 0 Å². The van der Waals surface area contributed by atoms with Crippen LogP contribution in [0.15, 0.2) is 24.3 Å². The van der Waals surface area contributed by atoms with E-state index in [1.807, 2.05) is 25.1 Å². The molecule has 0 spiro atoms. The second-order valence-corrected chi connectivity index (χ2v) is 5.30. The third-order valence-electron chi connectivity index (χ3n) is 2.91. The Hall–Kier alpha value is -1.75. The molecule has 1 unspecified atom stereocenters. The van der Waals surface area contributed by atoms with Crippen molar-refractivity contribution in [2.45, 2.75) is 33.2 Å². The Morgan fingerprint density at radius 3 is 2.38 bits per heavy atom. The number of benzene rings is 1. The number of hydrogen-bond acceptors (Lipinski definition) is 4. The van der Waals surface area contributed by atoms with Crippen LogP contribution in [-0.4, -0.2) is 31.7 Å². The predicted octanol–water partition coefficient (Wildman–Crippen LogP) is 1.95. The number of carbonyl (C=O) groups excluding carboxylic acids is 1. The van der Waals surface area contributed by atoms with Crippen molar-refractivity contribution in [3.8, 4) is 11.5 Å². The molecule has 21 heavy (non-hydrogen) atoms. The van der Waals surface area contributed by atoms with Crippen LogP contribution in [0.2, 0.25) is 0 Å². The van der Waals surface area contributed by atoms with Crippen molar-refractivity contribution < 1.29 is 14.3 Å². The number of nitrogens with two attached hydrogens (primary N) is 1. The van der Waals surface area contributed by atoms with Crippen molar-refractivity contribution in [1.29, 1.82) is 0 Å². The molecule has 0 heterocycles. The average Bonchev–Trinajstić information content (AvgIpc) is 2.45. The number of nitrogens with one attached hydrogen (secondary N) is 1. The van der Waals surface area contributed by atoms with Gasteiger partial charge in [-0.2, -0.15) is 0 Å². The summed E-state index contributed by atoms with van der Waals surface area (Å²) < 4.78 is 11.0. The van der Waals surface area contributed by atoms with Crippen LogP contribution in [0.25, 0.3) is 0 Å². The molecule has 1 rings (SSSR count). The second kappa shape index (κ2) is 9.23. The third-order valence-corrected chi connectivity index (χ3v) is 2.91. The Kier molecular flexibility index (Phi) is 7.61. The van der Waals surface area contributed by atoms with Crippen LogP contribution in [0.3, 0.4) is 0 Å². The van der Waals surface area contributed by atoms with Crippen molar-refractivity contribution >= 4 is 5.91 Å². The molecule has 118 valence electrons. The van der Waals surface area contributed by atoms with E-state index < -0.39 is 0 Å². The van der Waals surface area contributed by atoms with E-state index in [4.69, 9.17) is 15.2 Å². The van der Waals surface area contributed by atoms with E-state index in [9.17, 15) is 4.79 Å². The molecule has 0 aliphatic heterocycles. The van der Waals surface area contributed by atoms with Gasteiger partial charge in [0.05, 0.1) is 6.61 Å². The molecule has 0 saturated heterocycles. The monoisotopic (exact) mass is 294 g/mol. The summed E-state index contributed by atoms with van der Waals surface area (Å²) in [6.07, 6.45) is 0.859. The Bertz CT molecular complexity index is 435. The number of hydrogen-bond donors (Lipinski definition) is 2. The predicted molar refractivity (Wildman–Crippen MR) is 83.5 cm³/mol. The summed E-state index contributed by atoms with van der Waals surface area (Å²) in [6, 6.07) is 7.30. The van der Waals surface area contributed by atoms with Gasteiger partial charge in [-0.1, -0.05) is 26.0 Å². The van der Waals surface area contributed by atoms with Crippen molar-refractivity contribution in [2.75, 3.05) is 19.8 Å². The van der Waals surface area contributed by atoms with Gasteiger partial charge in [-0.3, -0.25) is 4.79 Å². The molecule has 1 aromatic carbocycles. The highest BCUT2D eigenvalue weighted by molar-refractivity contribution is 5.78. The molecular weight excluding hydrogens is 268 g/mol. The highest BCUT2D eigenvalue weighted by Gasteiger charge is 2.13. The summed E-state index contributed by atoms with van der Waals surface area (Å²) in [5.41, 5.74) is 5.66. The molecule has 5 nitrogen and oxygen atoms in total. The first-order chi connectivity index (χ1) is 10.1. The van der Waals surface area contributed by atoms with E-state index >= 15 is 0 Å². The van der Waals surface area contributed by atoms with Gasteiger partial charge in [-0.05, 0) is 31.4 Å². The quantitative estimate of drug-likeness (QED) is 0.730. The molecule has 1 atom stereocenters. The smallest absolute Gasteiger partial charge is 0.258 e. The number of carbonyl (C=O) groups is 1. The second-order valence-electron chi connectivity index (χ2n) is 5.30. The molecule has 5 heteroatoms. The lowest BCUT2D eigenvalue weighted by Gasteiger charge is -2.19. The molecule has 0 bridgehead atoms. The minimum absolute atomic E-state index is 0.0109. The maximum absolute atomic E-state index is 11.9. The highest BCUT2D eigenvalue weighted by Crippen LogP contribution is 2.26. The van der Waals surface area contributed by atoms with E-state index in [2.05, 4.69) is 19.2 Å². The Labute approximate surface area is 126 Å². The maximum atomic E-state index is 11.9. The zero-order valence-electron chi connectivity index (χ0n) is 13.1. The number of ether oxygens (including phenoxy) is 2. The van der Waals surface area contributed by atoms with Gasteiger partial charge in [0.25, 0.3) is 5.91 Å². The summed E-state index contributed by atoms with van der Waals surface area (Å²) in [5, 5.41) is 2.89. The van der Waals surface area contributed by atoms with Crippen molar-refractivity contribution in [2.24, 2.45) is 11.7 Å². The highest BCUT2D eigenvalue weighted by atomic mass is 16.5. The molecule has 3 N–H and O–H groups in total. The van der Waals surface area contributed by atoms with Crippen molar-refractivity contribution in [3.63, 3.8) is 0 Å². The van der Waals surface area contributed by atoms with Crippen LogP contribution < -0.4 is 20.5 Å². The Morgan fingerprint density at radius 1 is 1.24 bits per heavy atom. The SMILES string of the molecule is CCOc1ccccc1OCC(=O)NC(CN)CC(C)C. The van der Waals surface area contributed by atoms with Crippen LogP contribution in [0, 0.1) is 5.92 Å². The molecule has 0 aliphatic carbocycles. The summed E-state index contributed by atoms with van der Waals surface area (Å²) in [6.45, 7) is 7.04. The van der Waals surface area contributed by atoms with Crippen LogP contribution in [0.4, 0.5) is 0 Å². The van der Waals surface area contributed by atoms with Gasteiger partial charge < -0.3 is 20.5 Å². The summed E-state index contributed by atoms with van der Waals surface area (Å²) in [7, 11) is 0. The van der Waals surface area contributed by atoms with Gasteiger partial charge in [0, 0.05) is 12.6 Å². The molecule has 0 fully saturated rings. The molecule has 0 saturated carbocycles. The molecular formula is C16H26N2O3. The molecule has 0 radical (unpaired) electrons. The molecule has 0 aromatic heterocycles. The minimum atomic E-state index is -0.169. The fourth-order valence-electron chi connectivity index (χ4n) is 2.04. The van der Waals surface area contributed by atoms with Crippen molar-refractivity contribution in [3.05, 3.63) is 24.3 Å². The normalized spacial score (nSPS) is 12.0. The Balaban J connectivity index is 2.49. The first-order valence-electron chi connectivity index (χ1n) is 7.40.